The van der Waals surface area contributed by atoms with Crippen molar-refractivity contribution in [3.63, 3.8) is 0 Å². The summed E-state index contributed by atoms with van der Waals surface area (Å²) in [5.74, 6) is -0.0849. The molecule has 9 heteroatoms. The number of unbranched alkanes of at least 4 members (excludes halogenated alkanes) is 2. The first-order chi connectivity index (χ1) is 10.1. The third-order valence-corrected chi connectivity index (χ3v) is 4.66. The first-order valence-electron chi connectivity index (χ1n) is 7.23. The van der Waals surface area contributed by atoms with E-state index in [4.69, 9.17) is 14.6 Å². The van der Waals surface area contributed by atoms with Crippen LogP contribution >= 0.6 is 7.60 Å². The Morgan fingerprint density at radius 3 is 2.48 bits per heavy atom. The van der Waals surface area contributed by atoms with Crippen LogP contribution in [0.4, 0.5) is 0 Å². The van der Waals surface area contributed by atoms with Crippen LogP contribution in [0.3, 0.4) is 0 Å². The van der Waals surface area contributed by atoms with Crippen molar-refractivity contribution in [3.8, 4) is 0 Å². The Morgan fingerprint density at radius 2 is 1.90 bits per heavy atom. The first-order valence-corrected chi connectivity index (χ1v) is 8.96. The summed E-state index contributed by atoms with van der Waals surface area (Å²) >= 11 is 0. The van der Waals surface area contributed by atoms with E-state index in [1.165, 1.54) is 0 Å². The fourth-order valence-corrected chi connectivity index (χ4v) is 3.18. The second kappa shape index (κ2) is 12.7. The molecule has 0 aliphatic rings. The lowest BCUT2D eigenvalue weighted by molar-refractivity contribution is -0.121. The van der Waals surface area contributed by atoms with Crippen LogP contribution in [-0.2, 0) is 18.4 Å². The number of nitrogens with one attached hydrogen (secondary N) is 1. The molecular weight excluding hydrogens is 295 g/mol. The maximum atomic E-state index is 12.1. The summed E-state index contributed by atoms with van der Waals surface area (Å²) in [6.07, 6.45) is 2.94. The highest BCUT2D eigenvalue weighted by Gasteiger charge is 2.22. The van der Waals surface area contributed by atoms with Gasteiger partial charge in [-0.15, -0.1) is 0 Å². The average Bonchev–Trinajstić information content (AvgIpc) is 2.43. The predicted molar refractivity (Wildman–Crippen MR) is 81.2 cm³/mol. The minimum absolute atomic E-state index is 0.0849. The average molecular weight is 320 g/mol. The molecule has 0 spiro atoms. The van der Waals surface area contributed by atoms with E-state index in [0.717, 1.165) is 19.3 Å². The number of carbonyl (C=O) groups is 1. The summed E-state index contributed by atoms with van der Waals surface area (Å²) in [4.78, 5) is 14.2. The Balaban J connectivity index is 3.76. The number of hydrogen-bond donors (Lipinski definition) is 1. The minimum Gasteiger partial charge on any atom is -0.355 e. The van der Waals surface area contributed by atoms with E-state index in [-0.39, 0.29) is 18.6 Å². The SMILES string of the molecule is CCOP(=O)(CCNC(=O)CCCCCN=[N+]=[N-])OCC. The van der Waals surface area contributed by atoms with E-state index >= 15 is 0 Å². The van der Waals surface area contributed by atoms with Gasteiger partial charge >= 0.3 is 7.60 Å². The van der Waals surface area contributed by atoms with Crippen LogP contribution in [0.25, 0.3) is 10.4 Å². The van der Waals surface area contributed by atoms with Crippen LogP contribution in [0, 0.1) is 0 Å². The third-order valence-electron chi connectivity index (χ3n) is 2.58. The highest BCUT2D eigenvalue weighted by Crippen LogP contribution is 2.47. The van der Waals surface area contributed by atoms with Crippen LogP contribution in [0.2, 0.25) is 0 Å². The second-order valence-corrected chi connectivity index (χ2v) is 6.47. The molecule has 0 rings (SSSR count). The molecule has 1 N–H and O–H groups in total. The molecule has 0 bridgehead atoms. The van der Waals surface area contributed by atoms with E-state index in [9.17, 15) is 9.36 Å². The summed E-state index contributed by atoms with van der Waals surface area (Å²) in [6, 6.07) is 0. The number of hydrogen-bond acceptors (Lipinski definition) is 5. The zero-order valence-corrected chi connectivity index (χ0v) is 13.7. The molecule has 0 saturated carbocycles. The molecule has 0 aromatic rings. The number of azide groups is 1. The van der Waals surface area contributed by atoms with Crippen LogP contribution in [0.1, 0.15) is 39.5 Å². The molecule has 0 unspecified atom stereocenters. The van der Waals surface area contributed by atoms with Gasteiger partial charge in [-0.3, -0.25) is 9.36 Å². The maximum absolute atomic E-state index is 12.1. The van der Waals surface area contributed by atoms with Gasteiger partial charge in [0.25, 0.3) is 0 Å². The quantitative estimate of drug-likeness (QED) is 0.184. The van der Waals surface area contributed by atoms with Crippen LogP contribution in [-0.4, -0.2) is 38.4 Å². The van der Waals surface area contributed by atoms with Gasteiger partial charge in [0.15, 0.2) is 0 Å². The van der Waals surface area contributed by atoms with Crippen molar-refractivity contribution in [3.05, 3.63) is 10.4 Å². The molecule has 1 amide bonds. The topological polar surface area (TPSA) is 113 Å². The smallest absolute Gasteiger partial charge is 0.332 e. The molecule has 0 aromatic heterocycles. The Morgan fingerprint density at radius 1 is 1.24 bits per heavy atom. The fraction of sp³-hybridized carbons (Fsp3) is 0.917. The summed E-state index contributed by atoms with van der Waals surface area (Å²) in [7, 11) is -3.08. The lowest BCUT2D eigenvalue weighted by Crippen LogP contribution is -2.26. The standard InChI is InChI=1S/C12H25N4O4P/c1-3-19-21(18,20-4-2)11-10-14-12(17)8-6-5-7-9-15-16-13/h3-11H2,1-2H3,(H,14,17). The van der Waals surface area contributed by atoms with Crippen LogP contribution in [0.5, 0.6) is 0 Å². The van der Waals surface area contributed by atoms with Gasteiger partial charge < -0.3 is 14.4 Å². The van der Waals surface area contributed by atoms with Crippen molar-refractivity contribution in [1.82, 2.24) is 5.32 Å². The lowest BCUT2D eigenvalue weighted by Gasteiger charge is -2.17. The highest BCUT2D eigenvalue weighted by atomic mass is 31.2. The molecule has 122 valence electrons. The summed E-state index contributed by atoms with van der Waals surface area (Å²) in [6.45, 7) is 4.87. The zero-order valence-electron chi connectivity index (χ0n) is 12.8. The Bertz CT molecular complexity index is 375. The molecule has 0 atom stereocenters. The molecule has 0 heterocycles. The molecule has 0 aliphatic carbocycles. The first kappa shape index (κ1) is 19.9. The predicted octanol–water partition coefficient (Wildman–Crippen LogP) is 3.24. The van der Waals surface area contributed by atoms with E-state index in [0.29, 0.717) is 26.2 Å². The van der Waals surface area contributed by atoms with Gasteiger partial charge in [-0.2, -0.15) is 0 Å². The van der Waals surface area contributed by atoms with Gasteiger partial charge in [0.1, 0.15) is 0 Å². The number of amides is 1. The molecule has 0 saturated heterocycles. The molecule has 0 radical (unpaired) electrons. The second-order valence-electron chi connectivity index (χ2n) is 4.29. The molecule has 0 aromatic carbocycles. The summed E-state index contributed by atoms with van der Waals surface area (Å²) < 4.78 is 22.4. The van der Waals surface area contributed by atoms with Crippen molar-refractivity contribution in [2.75, 3.05) is 32.5 Å². The Hall–Kier alpha value is -1.07. The summed E-state index contributed by atoms with van der Waals surface area (Å²) in [5, 5.41) is 6.13. The summed E-state index contributed by atoms with van der Waals surface area (Å²) in [5.41, 5.74) is 8.10. The Kier molecular flexibility index (Phi) is 12.0. The molecular formula is C12H25N4O4P. The number of carbonyl (C=O) groups excluding carboxylic acids is 1. The normalized spacial score (nSPS) is 11.0. The van der Waals surface area contributed by atoms with E-state index < -0.39 is 7.60 Å². The van der Waals surface area contributed by atoms with Gasteiger partial charge in [0.2, 0.25) is 5.91 Å². The van der Waals surface area contributed by atoms with Crippen molar-refractivity contribution in [1.29, 1.82) is 0 Å². The molecule has 0 aliphatic heterocycles. The van der Waals surface area contributed by atoms with Crippen molar-refractivity contribution < 1.29 is 18.4 Å². The zero-order chi connectivity index (χ0) is 16.0. The van der Waals surface area contributed by atoms with Gasteiger partial charge in [0.05, 0.1) is 19.4 Å². The molecule has 21 heavy (non-hydrogen) atoms. The van der Waals surface area contributed by atoms with Crippen molar-refractivity contribution >= 4 is 13.5 Å². The fourth-order valence-electron chi connectivity index (χ4n) is 1.67. The number of rotatable bonds is 13. The van der Waals surface area contributed by atoms with Gasteiger partial charge in [-0.05, 0) is 32.2 Å². The van der Waals surface area contributed by atoms with Gasteiger partial charge in [-0.1, -0.05) is 11.5 Å². The molecule has 8 nitrogen and oxygen atoms in total. The maximum Gasteiger partial charge on any atom is 0.332 e. The number of nitrogens with zero attached hydrogens (tertiary/aromatic N) is 3. The van der Waals surface area contributed by atoms with Gasteiger partial charge in [0, 0.05) is 24.4 Å². The van der Waals surface area contributed by atoms with Crippen molar-refractivity contribution in [2.45, 2.75) is 39.5 Å². The van der Waals surface area contributed by atoms with E-state index in [1.807, 2.05) is 0 Å². The van der Waals surface area contributed by atoms with Crippen LogP contribution < -0.4 is 5.32 Å². The van der Waals surface area contributed by atoms with Gasteiger partial charge in [-0.25, -0.2) is 0 Å². The van der Waals surface area contributed by atoms with E-state index in [1.54, 1.807) is 13.8 Å². The molecule has 0 fully saturated rings. The highest BCUT2D eigenvalue weighted by molar-refractivity contribution is 7.53. The monoisotopic (exact) mass is 320 g/mol. The minimum atomic E-state index is -3.08. The lowest BCUT2D eigenvalue weighted by atomic mass is 10.2. The van der Waals surface area contributed by atoms with Crippen LogP contribution in [0.15, 0.2) is 5.11 Å². The third kappa shape index (κ3) is 11.3. The largest absolute Gasteiger partial charge is 0.355 e. The van der Waals surface area contributed by atoms with E-state index in [2.05, 4.69) is 15.3 Å². The van der Waals surface area contributed by atoms with Crippen molar-refractivity contribution in [2.24, 2.45) is 5.11 Å². The Labute approximate surface area is 125 Å².